The van der Waals surface area contributed by atoms with Crippen LogP contribution < -0.4 is 5.32 Å². The monoisotopic (exact) mass is 292 g/mol. The van der Waals surface area contributed by atoms with Crippen molar-refractivity contribution in [2.75, 3.05) is 5.32 Å². The number of nitro groups is 1. The van der Waals surface area contributed by atoms with Gasteiger partial charge in [0.25, 0.3) is 0 Å². The molecule has 0 saturated carbocycles. The third kappa shape index (κ3) is 2.76. The fourth-order valence-corrected chi connectivity index (χ4v) is 1.83. The predicted molar refractivity (Wildman–Crippen MR) is 74.9 cm³/mol. The minimum absolute atomic E-state index is 0.104. The number of anilines is 1. The minimum Gasteiger partial charge on any atom is -0.321 e. The van der Waals surface area contributed by atoms with Gasteiger partial charge in [0.05, 0.1) is 22.5 Å². The van der Waals surface area contributed by atoms with Gasteiger partial charge in [-0.3, -0.25) is 24.3 Å². The lowest BCUT2D eigenvalue weighted by Crippen LogP contribution is -2.24. The van der Waals surface area contributed by atoms with Gasteiger partial charge in [0.15, 0.2) is 0 Å². The van der Waals surface area contributed by atoms with Crippen molar-refractivity contribution in [3.8, 4) is 0 Å². The van der Waals surface area contributed by atoms with Gasteiger partial charge >= 0.3 is 5.69 Å². The summed E-state index contributed by atoms with van der Waals surface area (Å²) < 4.78 is 2.93. The third-order valence-corrected chi connectivity index (χ3v) is 3.36. The molecule has 0 radical (unpaired) electrons. The number of carbonyl (C=O) groups is 1. The molecule has 0 saturated heterocycles. The minimum atomic E-state index is -0.669. The molecule has 0 bridgehead atoms. The molecule has 0 spiro atoms. The molecular formula is C12H16N6O3. The Morgan fingerprint density at radius 1 is 1.48 bits per heavy atom. The molecule has 1 N–H and O–H groups in total. The average Bonchev–Trinajstić information content (AvgIpc) is 2.95. The van der Waals surface area contributed by atoms with E-state index < -0.39 is 11.0 Å². The van der Waals surface area contributed by atoms with E-state index in [2.05, 4.69) is 15.5 Å². The summed E-state index contributed by atoms with van der Waals surface area (Å²) >= 11 is 0. The van der Waals surface area contributed by atoms with Crippen molar-refractivity contribution in [1.29, 1.82) is 0 Å². The molecule has 9 nitrogen and oxygen atoms in total. The number of aryl methyl sites for hydroxylation is 2. The first-order valence-electron chi connectivity index (χ1n) is 6.31. The Morgan fingerprint density at radius 3 is 2.62 bits per heavy atom. The zero-order valence-corrected chi connectivity index (χ0v) is 12.2. The van der Waals surface area contributed by atoms with Gasteiger partial charge in [-0.25, -0.2) is 0 Å². The van der Waals surface area contributed by atoms with E-state index in [1.807, 2.05) is 6.92 Å². The number of nitrogens with one attached hydrogen (secondary N) is 1. The number of hydrogen-bond donors (Lipinski definition) is 1. The van der Waals surface area contributed by atoms with E-state index in [0.717, 1.165) is 5.69 Å². The summed E-state index contributed by atoms with van der Waals surface area (Å²) in [5.74, 6) is -0.316. The second-order valence-corrected chi connectivity index (χ2v) is 4.77. The quantitative estimate of drug-likeness (QED) is 0.675. The lowest BCUT2D eigenvalue weighted by atomic mass is 10.3. The molecule has 1 atom stereocenters. The maximum absolute atomic E-state index is 12.2. The highest BCUT2D eigenvalue weighted by molar-refractivity contribution is 5.93. The van der Waals surface area contributed by atoms with E-state index in [1.165, 1.54) is 17.8 Å². The average molecular weight is 292 g/mol. The second-order valence-electron chi connectivity index (χ2n) is 4.77. The fraction of sp³-hybridized carbons (Fsp3) is 0.417. The van der Waals surface area contributed by atoms with Crippen LogP contribution in [-0.4, -0.2) is 30.4 Å². The van der Waals surface area contributed by atoms with Crippen LogP contribution in [0.2, 0.25) is 0 Å². The van der Waals surface area contributed by atoms with Gasteiger partial charge < -0.3 is 5.32 Å². The zero-order valence-electron chi connectivity index (χ0n) is 12.2. The van der Waals surface area contributed by atoms with Crippen molar-refractivity contribution in [3.63, 3.8) is 0 Å². The van der Waals surface area contributed by atoms with Gasteiger partial charge in [0, 0.05) is 7.05 Å². The molecule has 0 aliphatic carbocycles. The molecule has 0 aliphatic rings. The maximum Gasteiger partial charge on any atom is 0.309 e. The Morgan fingerprint density at radius 2 is 2.14 bits per heavy atom. The third-order valence-electron chi connectivity index (χ3n) is 3.36. The van der Waals surface area contributed by atoms with E-state index in [4.69, 9.17) is 0 Å². The number of aromatic nitrogens is 4. The molecule has 21 heavy (non-hydrogen) atoms. The molecule has 0 aliphatic heterocycles. The van der Waals surface area contributed by atoms with Crippen LogP contribution in [0.25, 0.3) is 0 Å². The molecule has 112 valence electrons. The van der Waals surface area contributed by atoms with E-state index in [0.29, 0.717) is 5.69 Å². The highest BCUT2D eigenvalue weighted by Crippen LogP contribution is 2.20. The van der Waals surface area contributed by atoms with Gasteiger partial charge in [-0.2, -0.15) is 10.2 Å². The number of amides is 1. The predicted octanol–water partition coefficient (Wildman–Crippen LogP) is 1.34. The number of rotatable bonds is 4. The highest BCUT2D eigenvalue weighted by Gasteiger charge is 2.22. The molecule has 1 amide bonds. The van der Waals surface area contributed by atoms with Crippen molar-refractivity contribution in [2.45, 2.75) is 26.8 Å². The Labute approximate surface area is 120 Å². The van der Waals surface area contributed by atoms with Crippen molar-refractivity contribution < 1.29 is 9.72 Å². The van der Waals surface area contributed by atoms with Crippen LogP contribution in [0.3, 0.4) is 0 Å². The lowest BCUT2D eigenvalue weighted by molar-refractivity contribution is -0.385. The molecule has 2 aromatic rings. The van der Waals surface area contributed by atoms with Gasteiger partial charge in [0.2, 0.25) is 5.91 Å². The largest absolute Gasteiger partial charge is 0.321 e. The molecule has 2 rings (SSSR count). The second kappa shape index (κ2) is 5.35. The summed E-state index contributed by atoms with van der Waals surface area (Å²) in [6.07, 6.45) is 2.81. The Kier molecular flexibility index (Phi) is 3.74. The standard InChI is InChI=1S/C12H16N6O3/c1-7-11(18(20)21)6-17(15-7)9(3)12(19)14-10-5-13-16(4)8(10)2/h5-6,9H,1-4H3,(H,14,19)/t9-/m0/s1. The van der Waals surface area contributed by atoms with Gasteiger partial charge in [-0.15, -0.1) is 0 Å². The number of carbonyl (C=O) groups excluding carboxylic acids is 1. The Hall–Kier alpha value is -2.71. The Balaban J connectivity index is 2.18. The first-order chi connectivity index (χ1) is 9.81. The first-order valence-corrected chi connectivity index (χ1v) is 6.31. The van der Waals surface area contributed by atoms with Crippen molar-refractivity contribution in [3.05, 3.63) is 33.9 Å². The molecule has 2 heterocycles. The summed E-state index contributed by atoms with van der Waals surface area (Å²) in [6.45, 7) is 4.98. The molecular weight excluding hydrogens is 276 g/mol. The van der Waals surface area contributed by atoms with Crippen LogP contribution in [0.1, 0.15) is 24.4 Å². The van der Waals surface area contributed by atoms with Crippen LogP contribution in [0.4, 0.5) is 11.4 Å². The highest BCUT2D eigenvalue weighted by atomic mass is 16.6. The van der Waals surface area contributed by atoms with Crippen LogP contribution in [-0.2, 0) is 11.8 Å². The summed E-state index contributed by atoms with van der Waals surface area (Å²) in [5, 5.41) is 21.6. The molecule has 0 unspecified atom stereocenters. The van der Waals surface area contributed by atoms with Crippen LogP contribution in [0, 0.1) is 24.0 Å². The topological polar surface area (TPSA) is 108 Å². The number of nitrogens with zero attached hydrogens (tertiary/aromatic N) is 5. The summed E-state index contributed by atoms with van der Waals surface area (Å²) in [5.41, 5.74) is 1.59. The molecule has 9 heteroatoms. The van der Waals surface area contributed by atoms with E-state index in [1.54, 1.807) is 24.9 Å². The van der Waals surface area contributed by atoms with E-state index in [-0.39, 0.29) is 17.3 Å². The zero-order chi connectivity index (χ0) is 15.7. The summed E-state index contributed by atoms with van der Waals surface area (Å²) in [6, 6.07) is -0.669. The normalized spacial score (nSPS) is 12.2. The maximum atomic E-state index is 12.2. The van der Waals surface area contributed by atoms with Crippen molar-refractivity contribution >= 4 is 17.3 Å². The van der Waals surface area contributed by atoms with E-state index >= 15 is 0 Å². The SMILES string of the molecule is Cc1nn([C@@H](C)C(=O)Nc2cnn(C)c2C)cc1[N+](=O)[O-]. The summed E-state index contributed by atoms with van der Waals surface area (Å²) in [4.78, 5) is 22.5. The first kappa shape index (κ1) is 14.7. The van der Waals surface area contributed by atoms with Crippen molar-refractivity contribution in [1.82, 2.24) is 19.6 Å². The van der Waals surface area contributed by atoms with Crippen molar-refractivity contribution in [2.24, 2.45) is 7.05 Å². The summed E-state index contributed by atoms with van der Waals surface area (Å²) in [7, 11) is 1.77. The smallest absolute Gasteiger partial charge is 0.309 e. The van der Waals surface area contributed by atoms with Gasteiger partial charge in [0.1, 0.15) is 17.9 Å². The fourth-order valence-electron chi connectivity index (χ4n) is 1.83. The lowest BCUT2D eigenvalue weighted by Gasteiger charge is -2.11. The van der Waals surface area contributed by atoms with E-state index in [9.17, 15) is 14.9 Å². The van der Waals surface area contributed by atoms with Gasteiger partial charge in [-0.05, 0) is 20.8 Å². The molecule has 0 fully saturated rings. The van der Waals surface area contributed by atoms with Crippen LogP contribution >= 0.6 is 0 Å². The Bertz CT molecular complexity index is 702. The van der Waals surface area contributed by atoms with Crippen LogP contribution in [0.5, 0.6) is 0 Å². The van der Waals surface area contributed by atoms with Crippen LogP contribution in [0.15, 0.2) is 12.4 Å². The molecule has 2 aromatic heterocycles. The van der Waals surface area contributed by atoms with Gasteiger partial charge in [-0.1, -0.05) is 0 Å². The number of hydrogen-bond acceptors (Lipinski definition) is 5. The molecule has 0 aromatic carbocycles.